The molecule has 0 heterocycles. The van der Waals surface area contributed by atoms with Gasteiger partial charge in [-0.15, -0.1) is 0 Å². The summed E-state index contributed by atoms with van der Waals surface area (Å²) in [6, 6.07) is 10.5. The van der Waals surface area contributed by atoms with Gasteiger partial charge in [0, 0.05) is 12.0 Å². The van der Waals surface area contributed by atoms with E-state index in [4.69, 9.17) is 0 Å². The first-order valence-electron chi connectivity index (χ1n) is 6.12. The van der Waals surface area contributed by atoms with Crippen LogP contribution in [0.15, 0.2) is 42.5 Å². The number of halogens is 2. The topological polar surface area (TPSA) is 20.2 Å². The predicted molar refractivity (Wildman–Crippen MR) is 70.8 cm³/mol. The van der Waals surface area contributed by atoms with E-state index in [9.17, 15) is 13.9 Å². The third-order valence-corrected chi connectivity index (χ3v) is 3.16. The molecule has 3 heteroatoms. The number of aryl methyl sites for hydroxylation is 1. The Bertz CT molecular complexity index is 574. The lowest BCUT2D eigenvalue weighted by Gasteiger charge is -2.25. The maximum absolute atomic E-state index is 13.8. The zero-order valence-corrected chi connectivity index (χ0v) is 11.0. The molecule has 1 N–H and O–H groups in total. The molecule has 0 bridgehead atoms. The molecule has 0 spiro atoms. The van der Waals surface area contributed by atoms with Gasteiger partial charge in [0.2, 0.25) is 0 Å². The Hall–Kier alpha value is -1.74. The van der Waals surface area contributed by atoms with Gasteiger partial charge in [-0.2, -0.15) is 0 Å². The molecule has 0 aliphatic rings. The van der Waals surface area contributed by atoms with Crippen molar-refractivity contribution in [3.8, 4) is 0 Å². The van der Waals surface area contributed by atoms with Crippen LogP contribution in [0, 0.1) is 18.6 Å². The average molecular weight is 262 g/mol. The van der Waals surface area contributed by atoms with Gasteiger partial charge in [0.1, 0.15) is 11.6 Å². The number of rotatable bonds is 3. The second-order valence-corrected chi connectivity index (χ2v) is 5.06. The van der Waals surface area contributed by atoms with Crippen molar-refractivity contribution in [2.75, 3.05) is 0 Å². The van der Waals surface area contributed by atoms with E-state index in [2.05, 4.69) is 0 Å². The van der Waals surface area contributed by atoms with Crippen molar-refractivity contribution < 1.29 is 13.9 Å². The average Bonchev–Trinajstić information content (AvgIpc) is 2.35. The Kier molecular flexibility index (Phi) is 3.67. The van der Waals surface area contributed by atoms with Gasteiger partial charge in [0.15, 0.2) is 0 Å². The van der Waals surface area contributed by atoms with Gasteiger partial charge in [-0.25, -0.2) is 8.78 Å². The summed E-state index contributed by atoms with van der Waals surface area (Å²) in [7, 11) is 0. The number of hydrogen-bond acceptors (Lipinski definition) is 1. The molecule has 1 atom stereocenters. The largest absolute Gasteiger partial charge is 0.385 e. The standard InChI is InChI=1S/C16H16F2O/c1-11-3-8-15(18)14(9-11)16(2,19)10-12-4-6-13(17)7-5-12/h3-9,19H,10H2,1-2H3. The summed E-state index contributed by atoms with van der Waals surface area (Å²) in [6.07, 6.45) is 0.230. The third-order valence-electron chi connectivity index (χ3n) is 3.16. The van der Waals surface area contributed by atoms with Crippen LogP contribution in [-0.4, -0.2) is 5.11 Å². The van der Waals surface area contributed by atoms with E-state index in [1.807, 2.05) is 6.92 Å². The first-order chi connectivity index (χ1) is 8.88. The fraction of sp³-hybridized carbons (Fsp3) is 0.250. The lowest BCUT2D eigenvalue weighted by molar-refractivity contribution is 0.0537. The molecular formula is C16H16F2O. The Labute approximate surface area is 111 Å². The monoisotopic (exact) mass is 262 g/mol. The number of benzene rings is 2. The van der Waals surface area contributed by atoms with Crippen molar-refractivity contribution in [1.82, 2.24) is 0 Å². The van der Waals surface area contributed by atoms with Gasteiger partial charge in [0.25, 0.3) is 0 Å². The Morgan fingerprint density at radius 1 is 1.05 bits per heavy atom. The highest BCUT2D eigenvalue weighted by Crippen LogP contribution is 2.28. The summed E-state index contributed by atoms with van der Waals surface area (Å²) in [6.45, 7) is 3.41. The molecule has 0 amide bonds. The minimum absolute atomic E-state index is 0.230. The second kappa shape index (κ2) is 5.10. The summed E-state index contributed by atoms with van der Waals surface area (Å²) in [4.78, 5) is 0. The highest BCUT2D eigenvalue weighted by atomic mass is 19.1. The van der Waals surface area contributed by atoms with Crippen molar-refractivity contribution in [3.05, 3.63) is 70.8 Å². The fourth-order valence-corrected chi connectivity index (χ4v) is 2.15. The molecule has 100 valence electrons. The SMILES string of the molecule is Cc1ccc(F)c(C(C)(O)Cc2ccc(F)cc2)c1. The van der Waals surface area contributed by atoms with Crippen LogP contribution in [0.1, 0.15) is 23.6 Å². The molecule has 2 aromatic carbocycles. The Morgan fingerprint density at radius 3 is 2.32 bits per heavy atom. The molecule has 2 aromatic rings. The van der Waals surface area contributed by atoms with Crippen LogP contribution in [0.5, 0.6) is 0 Å². The molecule has 0 aromatic heterocycles. The first-order valence-corrected chi connectivity index (χ1v) is 6.12. The van der Waals surface area contributed by atoms with Crippen molar-refractivity contribution in [1.29, 1.82) is 0 Å². The second-order valence-electron chi connectivity index (χ2n) is 5.06. The molecule has 0 radical (unpaired) electrons. The van der Waals surface area contributed by atoms with Crippen LogP contribution in [0.4, 0.5) is 8.78 Å². The van der Waals surface area contributed by atoms with Gasteiger partial charge in [0.05, 0.1) is 5.60 Å². The number of hydrogen-bond donors (Lipinski definition) is 1. The van der Waals surface area contributed by atoms with E-state index in [1.165, 1.54) is 18.2 Å². The molecule has 1 nitrogen and oxygen atoms in total. The van der Waals surface area contributed by atoms with Crippen LogP contribution >= 0.6 is 0 Å². The zero-order chi connectivity index (χ0) is 14.0. The first kappa shape index (κ1) is 13.7. The Morgan fingerprint density at radius 2 is 1.68 bits per heavy atom. The summed E-state index contributed by atoms with van der Waals surface area (Å²) >= 11 is 0. The van der Waals surface area contributed by atoms with Crippen molar-refractivity contribution in [2.24, 2.45) is 0 Å². The molecule has 0 saturated carbocycles. The van der Waals surface area contributed by atoms with Crippen molar-refractivity contribution in [2.45, 2.75) is 25.9 Å². The van der Waals surface area contributed by atoms with Crippen LogP contribution in [-0.2, 0) is 12.0 Å². The van der Waals surface area contributed by atoms with E-state index in [-0.39, 0.29) is 17.8 Å². The van der Waals surface area contributed by atoms with E-state index in [0.717, 1.165) is 11.1 Å². The lowest BCUT2D eigenvalue weighted by atomic mass is 9.88. The quantitative estimate of drug-likeness (QED) is 0.893. The van der Waals surface area contributed by atoms with Crippen molar-refractivity contribution in [3.63, 3.8) is 0 Å². The normalized spacial score (nSPS) is 14.2. The molecule has 1 unspecified atom stereocenters. The summed E-state index contributed by atoms with van der Waals surface area (Å²) < 4.78 is 26.6. The minimum atomic E-state index is -1.33. The van der Waals surface area contributed by atoms with Crippen LogP contribution in [0.25, 0.3) is 0 Å². The predicted octanol–water partition coefficient (Wildman–Crippen LogP) is 3.72. The van der Waals surface area contributed by atoms with E-state index < -0.39 is 11.4 Å². The lowest BCUT2D eigenvalue weighted by Crippen LogP contribution is -2.25. The molecule has 0 aliphatic carbocycles. The highest BCUT2D eigenvalue weighted by Gasteiger charge is 2.27. The minimum Gasteiger partial charge on any atom is -0.385 e. The van der Waals surface area contributed by atoms with Crippen molar-refractivity contribution >= 4 is 0 Å². The zero-order valence-electron chi connectivity index (χ0n) is 11.0. The van der Waals surface area contributed by atoms with Gasteiger partial charge >= 0.3 is 0 Å². The van der Waals surface area contributed by atoms with E-state index in [1.54, 1.807) is 31.2 Å². The Balaban J connectivity index is 2.31. The molecule has 19 heavy (non-hydrogen) atoms. The molecule has 2 rings (SSSR count). The smallest absolute Gasteiger partial charge is 0.129 e. The highest BCUT2D eigenvalue weighted by molar-refractivity contribution is 5.31. The summed E-state index contributed by atoms with van der Waals surface area (Å²) in [5.74, 6) is -0.761. The maximum atomic E-state index is 13.8. The maximum Gasteiger partial charge on any atom is 0.129 e. The van der Waals surface area contributed by atoms with Crippen LogP contribution in [0.2, 0.25) is 0 Å². The van der Waals surface area contributed by atoms with Crippen LogP contribution < -0.4 is 0 Å². The van der Waals surface area contributed by atoms with E-state index >= 15 is 0 Å². The third kappa shape index (κ3) is 3.18. The van der Waals surface area contributed by atoms with Crippen LogP contribution in [0.3, 0.4) is 0 Å². The van der Waals surface area contributed by atoms with Gasteiger partial charge < -0.3 is 5.11 Å². The summed E-state index contributed by atoms with van der Waals surface area (Å²) in [5.41, 5.74) is 0.577. The van der Waals surface area contributed by atoms with E-state index in [0.29, 0.717) is 0 Å². The van der Waals surface area contributed by atoms with Gasteiger partial charge in [-0.05, 0) is 37.6 Å². The molecule has 0 fully saturated rings. The number of aliphatic hydroxyl groups is 1. The molecule has 0 aliphatic heterocycles. The molecular weight excluding hydrogens is 246 g/mol. The van der Waals surface area contributed by atoms with Gasteiger partial charge in [-0.3, -0.25) is 0 Å². The molecule has 0 saturated heterocycles. The summed E-state index contributed by atoms with van der Waals surface area (Å²) in [5, 5.41) is 10.5. The fourth-order valence-electron chi connectivity index (χ4n) is 2.15. The van der Waals surface area contributed by atoms with Gasteiger partial charge in [-0.1, -0.05) is 29.8 Å².